The van der Waals surface area contributed by atoms with E-state index in [0.29, 0.717) is 17.9 Å². The van der Waals surface area contributed by atoms with E-state index in [0.717, 1.165) is 48.4 Å². The minimum Gasteiger partial charge on any atom is -0.478 e. The van der Waals surface area contributed by atoms with Gasteiger partial charge in [0.2, 0.25) is 0 Å². The topological polar surface area (TPSA) is 125 Å². The first-order valence-corrected chi connectivity index (χ1v) is 12.2. The number of nitrogens with one attached hydrogen (secondary N) is 1. The van der Waals surface area contributed by atoms with Crippen LogP contribution in [-0.2, 0) is 29.0 Å². The SMILES string of the molecule is O=C(O)/C=C/C(=O)O.O=C(c1cn(CC2CCCCC2)c2ccccc12)C1CCc2[nH]cnc2C1. The Morgan fingerprint density at radius 2 is 1.74 bits per heavy atom. The predicted molar refractivity (Wildman–Crippen MR) is 131 cm³/mol. The van der Waals surface area contributed by atoms with Gasteiger partial charge in [0.25, 0.3) is 0 Å². The van der Waals surface area contributed by atoms with Gasteiger partial charge in [-0.1, -0.05) is 37.5 Å². The Balaban J connectivity index is 0.000000314. The fraction of sp³-hybridized carbons (Fsp3) is 0.407. The molecule has 184 valence electrons. The molecule has 1 saturated carbocycles. The number of aryl methyl sites for hydroxylation is 1. The minimum atomic E-state index is -1.26. The first-order valence-electron chi connectivity index (χ1n) is 12.2. The maximum atomic E-state index is 13.4. The summed E-state index contributed by atoms with van der Waals surface area (Å²) in [5, 5.41) is 16.7. The largest absolute Gasteiger partial charge is 0.478 e. The van der Waals surface area contributed by atoms with Crippen LogP contribution in [0.3, 0.4) is 0 Å². The van der Waals surface area contributed by atoms with Crippen LogP contribution in [-0.4, -0.2) is 42.5 Å². The number of carboxylic acids is 2. The zero-order valence-electron chi connectivity index (χ0n) is 19.7. The van der Waals surface area contributed by atoms with Crippen LogP contribution in [0, 0.1) is 11.8 Å². The summed E-state index contributed by atoms with van der Waals surface area (Å²) >= 11 is 0. The lowest BCUT2D eigenvalue weighted by atomic mass is 9.84. The number of carboxylic acid groups (broad SMARTS) is 2. The van der Waals surface area contributed by atoms with Crippen molar-refractivity contribution in [2.45, 2.75) is 57.9 Å². The second kappa shape index (κ2) is 11.2. The number of aromatic amines is 1. The van der Waals surface area contributed by atoms with Crippen molar-refractivity contribution < 1.29 is 24.6 Å². The molecule has 8 heteroatoms. The molecule has 2 aliphatic rings. The summed E-state index contributed by atoms with van der Waals surface area (Å²) in [5.74, 6) is -1.42. The van der Waals surface area contributed by atoms with E-state index in [1.54, 1.807) is 6.33 Å². The summed E-state index contributed by atoms with van der Waals surface area (Å²) in [7, 11) is 0. The predicted octanol–water partition coefficient (Wildman–Crippen LogP) is 4.64. The van der Waals surface area contributed by atoms with E-state index in [9.17, 15) is 14.4 Å². The van der Waals surface area contributed by atoms with Gasteiger partial charge >= 0.3 is 11.9 Å². The molecule has 2 aliphatic carbocycles. The zero-order chi connectivity index (χ0) is 24.8. The second-order valence-electron chi connectivity index (χ2n) is 9.36. The van der Waals surface area contributed by atoms with Gasteiger partial charge in [-0.05, 0) is 37.7 Å². The van der Waals surface area contributed by atoms with Gasteiger partial charge < -0.3 is 19.8 Å². The molecule has 0 radical (unpaired) electrons. The number of Topliss-reactive ketones (excluding diaryl/α,β-unsaturated/α-hetero) is 1. The van der Waals surface area contributed by atoms with Crippen LogP contribution >= 0.6 is 0 Å². The third-order valence-corrected chi connectivity index (χ3v) is 6.96. The van der Waals surface area contributed by atoms with E-state index in [1.165, 1.54) is 43.3 Å². The lowest BCUT2D eigenvalue weighted by Crippen LogP contribution is -2.23. The number of carbonyl (C=O) groups excluding carboxylic acids is 1. The van der Waals surface area contributed by atoms with E-state index < -0.39 is 11.9 Å². The van der Waals surface area contributed by atoms with Gasteiger partial charge in [0.05, 0.1) is 12.0 Å². The van der Waals surface area contributed by atoms with Crippen molar-refractivity contribution in [1.82, 2.24) is 14.5 Å². The summed E-state index contributed by atoms with van der Waals surface area (Å²) in [6.07, 6.45) is 14.3. The van der Waals surface area contributed by atoms with Crippen molar-refractivity contribution in [3.63, 3.8) is 0 Å². The maximum Gasteiger partial charge on any atom is 0.328 e. The highest BCUT2D eigenvalue weighted by molar-refractivity contribution is 6.09. The number of carbonyl (C=O) groups is 3. The number of H-pyrrole nitrogens is 1. The molecule has 0 bridgehead atoms. The monoisotopic (exact) mass is 477 g/mol. The Hall–Kier alpha value is -3.68. The molecule has 0 saturated heterocycles. The highest BCUT2D eigenvalue weighted by atomic mass is 16.4. The Morgan fingerprint density at radius 1 is 1.03 bits per heavy atom. The number of aliphatic carboxylic acids is 2. The number of nitrogens with zero attached hydrogens (tertiary/aromatic N) is 2. The van der Waals surface area contributed by atoms with E-state index in [-0.39, 0.29) is 5.92 Å². The molecule has 1 atom stereocenters. The molecular formula is C27H31N3O5. The second-order valence-corrected chi connectivity index (χ2v) is 9.36. The molecule has 0 spiro atoms. The van der Waals surface area contributed by atoms with Crippen LogP contribution in [0.15, 0.2) is 48.9 Å². The van der Waals surface area contributed by atoms with Gasteiger partial charge in [0, 0.05) is 59.4 Å². The Morgan fingerprint density at radius 3 is 2.46 bits per heavy atom. The quantitative estimate of drug-likeness (QED) is 0.351. The van der Waals surface area contributed by atoms with Crippen molar-refractivity contribution >= 4 is 28.6 Å². The fourth-order valence-corrected chi connectivity index (χ4v) is 5.22. The van der Waals surface area contributed by atoms with Crippen LogP contribution in [0.4, 0.5) is 0 Å². The first kappa shape index (κ1) is 24.4. The summed E-state index contributed by atoms with van der Waals surface area (Å²) < 4.78 is 2.35. The van der Waals surface area contributed by atoms with Crippen LogP contribution < -0.4 is 0 Å². The maximum absolute atomic E-state index is 13.4. The molecule has 1 aromatic carbocycles. The molecule has 1 fully saturated rings. The van der Waals surface area contributed by atoms with Gasteiger partial charge in [-0.2, -0.15) is 0 Å². The summed E-state index contributed by atoms with van der Waals surface area (Å²) in [6, 6.07) is 8.42. The lowest BCUT2D eigenvalue weighted by molar-refractivity contribution is -0.134. The van der Waals surface area contributed by atoms with E-state index in [1.807, 2.05) is 0 Å². The molecule has 3 aromatic rings. The molecule has 0 amide bonds. The summed E-state index contributed by atoms with van der Waals surface area (Å²) in [6.45, 7) is 1.04. The normalized spacial score (nSPS) is 18.1. The number of fused-ring (bicyclic) bond motifs is 2. The average Bonchev–Trinajstić information content (AvgIpc) is 3.48. The fourth-order valence-electron chi connectivity index (χ4n) is 5.22. The third kappa shape index (κ3) is 6.07. The van der Waals surface area contributed by atoms with Crippen LogP contribution in [0.2, 0.25) is 0 Å². The smallest absolute Gasteiger partial charge is 0.328 e. The minimum absolute atomic E-state index is 0.0507. The van der Waals surface area contributed by atoms with E-state index in [4.69, 9.17) is 10.2 Å². The molecule has 35 heavy (non-hydrogen) atoms. The van der Waals surface area contributed by atoms with Crippen molar-refractivity contribution in [2.75, 3.05) is 0 Å². The lowest BCUT2D eigenvalue weighted by Gasteiger charge is -2.22. The van der Waals surface area contributed by atoms with Crippen LogP contribution in [0.1, 0.15) is 60.3 Å². The third-order valence-electron chi connectivity index (χ3n) is 6.96. The Kier molecular flexibility index (Phi) is 7.80. The number of hydrogen-bond acceptors (Lipinski definition) is 4. The molecule has 1 unspecified atom stereocenters. The van der Waals surface area contributed by atoms with Crippen molar-refractivity contribution in [3.05, 3.63) is 65.9 Å². The van der Waals surface area contributed by atoms with Gasteiger partial charge in [0.15, 0.2) is 5.78 Å². The molecule has 2 heterocycles. The molecule has 3 N–H and O–H groups in total. The van der Waals surface area contributed by atoms with Gasteiger partial charge in [0.1, 0.15) is 0 Å². The molecule has 0 aliphatic heterocycles. The number of benzene rings is 1. The van der Waals surface area contributed by atoms with Crippen molar-refractivity contribution in [1.29, 1.82) is 0 Å². The number of aromatic nitrogens is 3. The molecular weight excluding hydrogens is 446 g/mol. The molecule has 5 rings (SSSR count). The Labute approximate surface area is 203 Å². The van der Waals surface area contributed by atoms with E-state index in [2.05, 4.69) is 45.0 Å². The number of rotatable bonds is 6. The highest BCUT2D eigenvalue weighted by Crippen LogP contribution is 2.32. The zero-order valence-corrected chi connectivity index (χ0v) is 19.7. The van der Waals surface area contributed by atoms with Gasteiger partial charge in [-0.25, -0.2) is 14.6 Å². The standard InChI is InChI=1S/C23H27N3O.C4H4O4/c27-23(17-10-11-20-21(12-17)25-15-24-20)19-14-26(13-16-6-2-1-3-7-16)22-9-5-4-8-18(19)22;5-3(6)1-2-4(7)8/h4-5,8-9,14-17H,1-3,6-7,10-13H2,(H,24,25);1-2H,(H,5,6)(H,7,8)/b;2-1+. The number of imidazole rings is 1. The van der Waals surface area contributed by atoms with E-state index >= 15 is 0 Å². The van der Waals surface area contributed by atoms with Crippen molar-refractivity contribution in [2.24, 2.45) is 11.8 Å². The number of ketones is 1. The summed E-state index contributed by atoms with van der Waals surface area (Å²) in [4.78, 5) is 40.1. The molecule has 2 aromatic heterocycles. The van der Waals surface area contributed by atoms with Crippen LogP contribution in [0.5, 0.6) is 0 Å². The van der Waals surface area contributed by atoms with Gasteiger partial charge in [-0.3, -0.25) is 4.79 Å². The summed E-state index contributed by atoms with van der Waals surface area (Å²) in [5.41, 5.74) is 4.40. The average molecular weight is 478 g/mol. The highest BCUT2D eigenvalue weighted by Gasteiger charge is 2.29. The molecule has 8 nitrogen and oxygen atoms in total. The van der Waals surface area contributed by atoms with Crippen molar-refractivity contribution in [3.8, 4) is 0 Å². The Bertz CT molecular complexity index is 1220. The first-order chi connectivity index (χ1) is 16.9. The number of hydrogen-bond donors (Lipinski definition) is 3. The van der Waals surface area contributed by atoms with Gasteiger partial charge in [-0.15, -0.1) is 0 Å². The number of para-hydroxylation sites is 1. The van der Waals surface area contributed by atoms with Crippen LogP contribution in [0.25, 0.3) is 10.9 Å².